The number of nitrogens with zero attached hydrogens (tertiary/aromatic N) is 3. The summed E-state index contributed by atoms with van der Waals surface area (Å²) in [5.74, 6) is 0. The number of halogens is 1. The van der Waals surface area contributed by atoms with Crippen molar-refractivity contribution in [2.24, 2.45) is 0 Å². The van der Waals surface area contributed by atoms with Crippen molar-refractivity contribution >= 4 is 21.8 Å². The van der Waals surface area contributed by atoms with Crippen molar-refractivity contribution in [3.05, 3.63) is 34.9 Å². The van der Waals surface area contributed by atoms with E-state index in [1.807, 2.05) is 0 Å². The normalized spacial score (nSPS) is 19.5. The standard InChI is InChI=1S/C14H22ClN3O3S/c1-16(2)22(20,21)18-9-7-17(8-10-18)11-14(19)12-3-5-13(15)6-4-12/h3-6,14,19H,7-11H2,1-2H3/t14-/m0/s1. The van der Waals surface area contributed by atoms with Crippen molar-refractivity contribution in [1.82, 2.24) is 13.5 Å². The summed E-state index contributed by atoms with van der Waals surface area (Å²) in [6, 6.07) is 7.11. The first kappa shape index (κ1) is 17.7. The molecule has 0 aromatic heterocycles. The van der Waals surface area contributed by atoms with Crippen LogP contribution in [0.4, 0.5) is 0 Å². The largest absolute Gasteiger partial charge is 0.387 e. The highest BCUT2D eigenvalue weighted by atomic mass is 35.5. The van der Waals surface area contributed by atoms with Crippen LogP contribution >= 0.6 is 11.6 Å². The maximum atomic E-state index is 12.0. The Kier molecular flexibility index (Phi) is 5.81. The minimum Gasteiger partial charge on any atom is -0.387 e. The van der Waals surface area contributed by atoms with Crippen molar-refractivity contribution in [2.75, 3.05) is 46.8 Å². The molecule has 1 aromatic carbocycles. The fourth-order valence-electron chi connectivity index (χ4n) is 2.41. The van der Waals surface area contributed by atoms with Crippen LogP contribution in [-0.2, 0) is 10.2 Å². The Balaban J connectivity index is 1.88. The van der Waals surface area contributed by atoms with Crippen molar-refractivity contribution in [1.29, 1.82) is 0 Å². The van der Waals surface area contributed by atoms with Gasteiger partial charge in [0.15, 0.2) is 0 Å². The lowest BCUT2D eigenvalue weighted by Crippen LogP contribution is -2.52. The molecule has 0 amide bonds. The van der Waals surface area contributed by atoms with Gasteiger partial charge in [0.05, 0.1) is 6.10 Å². The van der Waals surface area contributed by atoms with Gasteiger partial charge in [-0.15, -0.1) is 0 Å². The van der Waals surface area contributed by atoms with Crippen LogP contribution in [0.2, 0.25) is 5.02 Å². The molecule has 1 aliphatic heterocycles. The summed E-state index contributed by atoms with van der Waals surface area (Å²) in [6.07, 6.45) is -0.603. The molecule has 0 aliphatic carbocycles. The molecule has 1 aromatic rings. The van der Waals surface area contributed by atoms with E-state index >= 15 is 0 Å². The number of benzene rings is 1. The van der Waals surface area contributed by atoms with E-state index in [0.717, 1.165) is 5.56 Å². The van der Waals surface area contributed by atoms with Crippen LogP contribution in [0.5, 0.6) is 0 Å². The second-order valence-electron chi connectivity index (χ2n) is 5.56. The molecule has 6 nitrogen and oxygen atoms in total. The van der Waals surface area contributed by atoms with Gasteiger partial charge in [0.2, 0.25) is 0 Å². The van der Waals surface area contributed by atoms with Gasteiger partial charge in [0.25, 0.3) is 10.2 Å². The van der Waals surface area contributed by atoms with E-state index in [0.29, 0.717) is 37.7 Å². The zero-order valence-corrected chi connectivity index (χ0v) is 14.4. The molecule has 22 heavy (non-hydrogen) atoms. The maximum Gasteiger partial charge on any atom is 0.281 e. The maximum absolute atomic E-state index is 12.0. The molecule has 1 heterocycles. The van der Waals surface area contributed by atoms with Gasteiger partial charge in [0, 0.05) is 51.8 Å². The summed E-state index contributed by atoms with van der Waals surface area (Å²) in [5.41, 5.74) is 0.813. The number of aliphatic hydroxyl groups excluding tert-OH is 1. The summed E-state index contributed by atoms with van der Waals surface area (Å²) in [6.45, 7) is 2.58. The summed E-state index contributed by atoms with van der Waals surface area (Å²) >= 11 is 5.83. The van der Waals surface area contributed by atoms with Crippen LogP contribution < -0.4 is 0 Å². The van der Waals surface area contributed by atoms with E-state index in [4.69, 9.17) is 11.6 Å². The highest BCUT2D eigenvalue weighted by Crippen LogP contribution is 2.18. The molecule has 2 rings (SSSR count). The average Bonchev–Trinajstić information content (AvgIpc) is 2.48. The highest BCUT2D eigenvalue weighted by Gasteiger charge is 2.29. The molecule has 1 fully saturated rings. The van der Waals surface area contributed by atoms with E-state index in [-0.39, 0.29) is 0 Å². The molecule has 0 spiro atoms. The Morgan fingerprint density at radius 1 is 1.18 bits per heavy atom. The molecular formula is C14H22ClN3O3S. The second-order valence-corrected chi connectivity index (χ2v) is 8.14. The Labute approximate surface area is 137 Å². The molecule has 0 radical (unpaired) electrons. The topological polar surface area (TPSA) is 64.1 Å². The van der Waals surface area contributed by atoms with Gasteiger partial charge in [-0.05, 0) is 17.7 Å². The fourth-order valence-corrected chi connectivity index (χ4v) is 3.62. The average molecular weight is 348 g/mol. The Morgan fingerprint density at radius 2 is 1.73 bits per heavy atom. The number of rotatable bonds is 5. The van der Waals surface area contributed by atoms with Gasteiger partial charge in [-0.25, -0.2) is 0 Å². The van der Waals surface area contributed by atoms with Crippen molar-refractivity contribution in [3.63, 3.8) is 0 Å². The van der Waals surface area contributed by atoms with Crippen LogP contribution in [0, 0.1) is 0 Å². The van der Waals surface area contributed by atoms with Gasteiger partial charge >= 0.3 is 0 Å². The number of hydrogen-bond donors (Lipinski definition) is 1. The highest BCUT2D eigenvalue weighted by molar-refractivity contribution is 7.86. The third kappa shape index (κ3) is 4.18. The minimum atomic E-state index is -3.35. The molecule has 0 saturated carbocycles. The first-order valence-electron chi connectivity index (χ1n) is 7.14. The second kappa shape index (κ2) is 7.25. The SMILES string of the molecule is CN(C)S(=O)(=O)N1CCN(C[C@H](O)c2ccc(Cl)cc2)CC1. The molecule has 124 valence electrons. The van der Waals surface area contributed by atoms with E-state index in [9.17, 15) is 13.5 Å². The summed E-state index contributed by atoms with van der Waals surface area (Å²) in [5, 5.41) is 10.9. The van der Waals surface area contributed by atoms with Crippen molar-refractivity contribution in [3.8, 4) is 0 Å². The molecule has 8 heteroatoms. The van der Waals surface area contributed by atoms with Gasteiger partial charge in [-0.1, -0.05) is 23.7 Å². The van der Waals surface area contributed by atoms with E-state index in [1.165, 1.54) is 22.7 Å². The summed E-state index contributed by atoms with van der Waals surface area (Å²) in [7, 11) is -0.278. The van der Waals surface area contributed by atoms with Gasteiger partial charge in [-0.2, -0.15) is 17.0 Å². The van der Waals surface area contributed by atoms with Gasteiger partial charge in [0.1, 0.15) is 0 Å². The predicted octanol–water partition coefficient (Wildman–Crippen LogP) is 0.797. The van der Waals surface area contributed by atoms with Crippen LogP contribution in [0.1, 0.15) is 11.7 Å². The lowest BCUT2D eigenvalue weighted by molar-refractivity contribution is 0.0911. The molecule has 0 unspecified atom stereocenters. The summed E-state index contributed by atoms with van der Waals surface area (Å²) < 4.78 is 26.8. The lowest BCUT2D eigenvalue weighted by atomic mass is 10.1. The smallest absolute Gasteiger partial charge is 0.281 e. The van der Waals surface area contributed by atoms with Crippen LogP contribution in [0.3, 0.4) is 0 Å². The molecule has 1 N–H and O–H groups in total. The van der Waals surface area contributed by atoms with E-state index in [1.54, 1.807) is 24.3 Å². The number of hydrogen-bond acceptors (Lipinski definition) is 4. The number of aliphatic hydroxyl groups is 1. The zero-order chi connectivity index (χ0) is 16.3. The molecule has 1 atom stereocenters. The van der Waals surface area contributed by atoms with Crippen LogP contribution in [-0.4, -0.2) is 73.9 Å². The van der Waals surface area contributed by atoms with Crippen molar-refractivity contribution < 1.29 is 13.5 Å². The Morgan fingerprint density at radius 3 is 2.23 bits per heavy atom. The quantitative estimate of drug-likeness (QED) is 0.855. The minimum absolute atomic E-state index is 0.438. The third-order valence-corrected chi connectivity index (χ3v) is 6.00. The molecule has 1 saturated heterocycles. The van der Waals surface area contributed by atoms with E-state index in [2.05, 4.69) is 4.90 Å². The van der Waals surface area contributed by atoms with Crippen LogP contribution in [0.15, 0.2) is 24.3 Å². The van der Waals surface area contributed by atoms with Gasteiger partial charge < -0.3 is 5.11 Å². The zero-order valence-electron chi connectivity index (χ0n) is 12.8. The van der Waals surface area contributed by atoms with Gasteiger partial charge in [-0.3, -0.25) is 4.90 Å². The predicted molar refractivity (Wildman–Crippen MR) is 87.0 cm³/mol. The Hall–Kier alpha value is -0.700. The number of β-amino-alcohol motifs (C(OH)–C–C–N with tert-alkyl or cyclic N) is 1. The van der Waals surface area contributed by atoms with Crippen LogP contribution in [0.25, 0.3) is 0 Å². The third-order valence-electron chi connectivity index (χ3n) is 3.80. The fraction of sp³-hybridized carbons (Fsp3) is 0.571. The number of piperazine rings is 1. The monoisotopic (exact) mass is 347 g/mol. The summed E-state index contributed by atoms with van der Waals surface area (Å²) in [4.78, 5) is 2.07. The first-order valence-corrected chi connectivity index (χ1v) is 8.91. The van der Waals surface area contributed by atoms with Crippen molar-refractivity contribution in [2.45, 2.75) is 6.10 Å². The van der Waals surface area contributed by atoms with E-state index < -0.39 is 16.3 Å². The lowest BCUT2D eigenvalue weighted by Gasteiger charge is -2.35. The Bertz CT molecular complexity index is 584. The first-order chi connectivity index (χ1) is 10.3. The molecule has 1 aliphatic rings. The molecular weight excluding hydrogens is 326 g/mol. The molecule has 0 bridgehead atoms.